The van der Waals surface area contributed by atoms with Crippen molar-refractivity contribution in [2.75, 3.05) is 19.2 Å². The van der Waals surface area contributed by atoms with Crippen LogP contribution >= 0.6 is 0 Å². The van der Waals surface area contributed by atoms with Crippen molar-refractivity contribution in [3.05, 3.63) is 59.0 Å². The van der Waals surface area contributed by atoms with Crippen molar-refractivity contribution in [3.63, 3.8) is 0 Å². The number of nitroso groups, excluding NO2 is 1. The summed E-state index contributed by atoms with van der Waals surface area (Å²) < 4.78 is 10.7. The van der Waals surface area contributed by atoms with Crippen LogP contribution in [0.2, 0.25) is 0 Å². The smallest absolute Gasteiger partial charge is 0.317 e. The molecule has 2 unspecified atom stereocenters. The number of esters is 1. The van der Waals surface area contributed by atoms with Gasteiger partial charge in [0, 0.05) is 13.1 Å². The van der Waals surface area contributed by atoms with Crippen molar-refractivity contribution in [1.82, 2.24) is 5.48 Å². The maximum absolute atomic E-state index is 12.4. The molecule has 1 amide bonds. The molecule has 2 aromatic carbocycles. The Balaban J connectivity index is 1.89. The molecular formula is C19H19N3O6. The lowest BCUT2D eigenvalue weighted by atomic mass is 9.92. The lowest BCUT2D eigenvalue weighted by Crippen LogP contribution is -2.31. The molecule has 0 aliphatic heterocycles. The normalized spacial score (nSPS) is 20.0. The Labute approximate surface area is 160 Å². The minimum Gasteiger partial charge on any atom is -0.468 e. The van der Waals surface area contributed by atoms with Crippen molar-refractivity contribution >= 4 is 17.6 Å². The standard InChI is InChI=1S/C19H19N3O6/c1-22(21-26)13-6-4-8-15(10-13)28-14-7-3-5-12(9-14)19(18(24)27-2)11-16(19)17(23)20-25/h3-10,16,25H,11H2,1-2H3,(H,20,23). The molecule has 1 aliphatic carbocycles. The second-order valence-corrected chi connectivity index (χ2v) is 6.43. The van der Waals surface area contributed by atoms with Crippen LogP contribution in [0.5, 0.6) is 11.5 Å². The monoisotopic (exact) mass is 385 g/mol. The largest absolute Gasteiger partial charge is 0.468 e. The van der Waals surface area contributed by atoms with Crippen LogP contribution in [0.15, 0.2) is 53.8 Å². The number of rotatable bonds is 7. The van der Waals surface area contributed by atoms with Gasteiger partial charge < -0.3 is 9.47 Å². The van der Waals surface area contributed by atoms with E-state index in [0.29, 0.717) is 22.7 Å². The van der Waals surface area contributed by atoms with Gasteiger partial charge in [0.25, 0.3) is 0 Å². The van der Waals surface area contributed by atoms with Crippen molar-refractivity contribution < 1.29 is 24.3 Å². The number of carbonyl (C=O) groups is 2. The topological polar surface area (TPSA) is 118 Å². The summed E-state index contributed by atoms with van der Waals surface area (Å²) in [5.41, 5.74) is 1.53. The molecule has 0 aromatic heterocycles. The van der Waals surface area contributed by atoms with Crippen LogP contribution in [-0.2, 0) is 19.7 Å². The van der Waals surface area contributed by atoms with Crippen molar-refractivity contribution in [2.24, 2.45) is 11.2 Å². The van der Waals surface area contributed by atoms with Gasteiger partial charge in [-0.1, -0.05) is 18.2 Å². The van der Waals surface area contributed by atoms with Gasteiger partial charge in [0.05, 0.1) is 24.0 Å². The molecular weight excluding hydrogens is 366 g/mol. The van der Waals surface area contributed by atoms with Crippen molar-refractivity contribution in [1.29, 1.82) is 0 Å². The van der Waals surface area contributed by atoms with Gasteiger partial charge in [0.1, 0.15) is 16.9 Å². The zero-order valence-corrected chi connectivity index (χ0v) is 15.3. The van der Waals surface area contributed by atoms with E-state index in [4.69, 9.17) is 14.7 Å². The highest BCUT2D eigenvalue weighted by Gasteiger charge is 2.65. The first kappa shape index (κ1) is 19.3. The Morgan fingerprint density at radius 1 is 1.21 bits per heavy atom. The highest BCUT2D eigenvalue weighted by atomic mass is 16.5. The number of anilines is 1. The highest BCUT2D eigenvalue weighted by Crippen LogP contribution is 2.55. The number of methoxy groups -OCH3 is 1. The molecule has 146 valence electrons. The van der Waals surface area contributed by atoms with Crippen LogP contribution < -0.4 is 15.2 Å². The Bertz CT molecular complexity index is 918. The molecule has 0 radical (unpaired) electrons. The van der Waals surface area contributed by atoms with E-state index in [2.05, 4.69) is 5.29 Å². The van der Waals surface area contributed by atoms with Gasteiger partial charge in [0.2, 0.25) is 5.91 Å². The van der Waals surface area contributed by atoms with Crippen LogP contribution in [0.25, 0.3) is 0 Å². The molecule has 3 rings (SSSR count). The Kier molecular flexibility index (Phi) is 5.27. The molecule has 1 fully saturated rings. The summed E-state index contributed by atoms with van der Waals surface area (Å²) in [7, 11) is 2.77. The van der Waals surface area contributed by atoms with E-state index in [9.17, 15) is 14.5 Å². The average Bonchev–Trinajstić information content (AvgIpc) is 3.49. The zero-order valence-electron chi connectivity index (χ0n) is 15.3. The number of ether oxygens (including phenoxy) is 2. The van der Waals surface area contributed by atoms with Crippen molar-refractivity contribution in [2.45, 2.75) is 11.8 Å². The summed E-state index contributed by atoms with van der Waals surface area (Å²) in [6, 6.07) is 13.5. The Morgan fingerprint density at radius 3 is 2.54 bits per heavy atom. The average molecular weight is 385 g/mol. The van der Waals surface area contributed by atoms with Gasteiger partial charge >= 0.3 is 5.97 Å². The maximum Gasteiger partial charge on any atom is 0.317 e. The molecule has 9 nitrogen and oxygen atoms in total. The third kappa shape index (κ3) is 3.39. The van der Waals surface area contributed by atoms with E-state index >= 15 is 0 Å². The van der Waals surface area contributed by atoms with E-state index in [1.807, 2.05) is 0 Å². The second kappa shape index (κ2) is 7.65. The molecule has 0 heterocycles. The molecule has 1 aliphatic rings. The van der Waals surface area contributed by atoms with Gasteiger partial charge in [-0.05, 0) is 36.2 Å². The van der Waals surface area contributed by atoms with Crippen LogP contribution in [0.4, 0.5) is 5.69 Å². The molecule has 9 heteroatoms. The van der Waals surface area contributed by atoms with E-state index in [-0.39, 0.29) is 6.42 Å². The van der Waals surface area contributed by atoms with E-state index in [0.717, 1.165) is 5.01 Å². The number of amides is 1. The van der Waals surface area contributed by atoms with Gasteiger partial charge in [0.15, 0.2) is 0 Å². The minimum absolute atomic E-state index is 0.223. The van der Waals surface area contributed by atoms with Crippen LogP contribution in [0.1, 0.15) is 12.0 Å². The molecule has 0 saturated heterocycles. The molecule has 2 N–H and O–H groups in total. The molecule has 1 saturated carbocycles. The summed E-state index contributed by atoms with van der Waals surface area (Å²) >= 11 is 0. The SMILES string of the molecule is COC(=O)C1(c2cccc(Oc3cccc(N(C)N=O)c3)c2)CC1C(=O)NO. The fraction of sp³-hybridized carbons (Fsp3) is 0.263. The number of nitrogens with zero attached hydrogens (tertiary/aromatic N) is 2. The van der Waals surface area contributed by atoms with Gasteiger partial charge in [-0.3, -0.25) is 14.8 Å². The van der Waals surface area contributed by atoms with Crippen LogP contribution in [0.3, 0.4) is 0 Å². The zero-order chi connectivity index (χ0) is 20.3. The number of hydrogen-bond donors (Lipinski definition) is 2. The molecule has 28 heavy (non-hydrogen) atoms. The third-order valence-electron chi connectivity index (χ3n) is 4.84. The Morgan fingerprint density at radius 2 is 1.89 bits per heavy atom. The highest BCUT2D eigenvalue weighted by molar-refractivity contribution is 5.97. The molecule has 2 aromatic rings. The molecule has 0 bridgehead atoms. The minimum atomic E-state index is -1.16. The predicted molar refractivity (Wildman–Crippen MR) is 98.9 cm³/mol. The van der Waals surface area contributed by atoms with Crippen molar-refractivity contribution in [3.8, 4) is 11.5 Å². The molecule has 2 atom stereocenters. The van der Waals surface area contributed by atoms with E-state index in [1.165, 1.54) is 14.2 Å². The fourth-order valence-electron chi connectivity index (χ4n) is 3.27. The van der Waals surface area contributed by atoms with Gasteiger partial charge in [-0.15, -0.1) is 4.91 Å². The summed E-state index contributed by atoms with van der Waals surface area (Å²) in [5.74, 6) is -1.02. The number of hydrogen-bond acceptors (Lipinski definition) is 7. The lowest BCUT2D eigenvalue weighted by Gasteiger charge is -2.16. The summed E-state index contributed by atoms with van der Waals surface area (Å²) in [5, 5.41) is 12.9. The summed E-state index contributed by atoms with van der Waals surface area (Å²) in [6.45, 7) is 0. The van der Waals surface area contributed by atoms with Crippen LogP contribution in [-0.4, -0.2) is 31.2 Å². The van der Waals surface area contributed by atoms with E-state index < -0.39 is 23.2 Å². The number of nitrogens with one attached hydrogen (secondary N) is 1. The number of hydroxylamine groups is 1. The summed E-state index contributed by atoms with van der Waals surface area (Å²) in [4.78, 5) is 34.9. The number of carbonyl (C=O) groups excluding carboxylic acids is 2. The second-order valence-electron chi connectivity index (χ2n) is 6.43. The number of benzene rings is 2. The quantitative estimate of drug-likeness (QED) is 0.325. The van der Waals surface area contributed by atoms with E-state index in [1.54, 1.807) is 54.0 Å². The van der Waals surface area contributed by atoms with Gasteiger partial charge in [-0.25, -0.2) is 10.5 Å². The first-order valence-electron chi connectivity index (χ1n) is 8.44. The maximum atomic E-state index is 12.4. The predicted octanol–water partition coefficient (Wildman–Crippen LogP) is 2.53. The Hall–Kier alpha value is -3.46. The first-order chi connectivity index (χ1) is 13.5. The summed E-state index contributed by atoms with van der Waals surface area (Å²) in [6.07, 6.45) is 0.223. The first-order valence-corrected chi connectivity index (χ1v) is 8.44. The fourth-order valence-corrected chi connectivity index (χ4v) is 3.27. The molecule has 0 spiro atoms. The lowest BCUT2D eigenvalue weighted by molar-refractivity contribution is -0.146. The van der Waals surface area contributed by atoms with Gasteiger partial charge in [-0.2, -0.15) is 0 Å². The van der Waals surface area contributed by atoms with Crippen LogP contribution in [0, 0.1) is 10.8 Å². The third-order valence-corrected chi connectivity index (χ3v) is 4.84.